The first-order valence-electron chi connectivity index (χ1n) is 11.3. The Morgan fingerprint density at radius 1 is 0.806 bits per heavy atom. The minimum atomic E-state index is -0.400. The van der Waals surface area contributed by atoms with Crippen LogP contribution in [0, 0.1) is 0 Å². The van der Waals surface area contributed by atoms with E-state index in [4.69, 9.17) is 41.8 Å². The summed E-state index contributed by atoms with van der Waals surface area (Å²) >= 11 is 12.4. The van der Waals surface area contributed by atoms with E-state index in [1.54, 1.807) is 0 Å². The van der Waals surface area contributed by atoms with Crippen LogP contribution in [0.15, 0.2) is 11.0 Å². The molecule has 2 aliphatic heterocycles. The van der Waals surface area contributed by atoms with Crippen LogP contribution in [-0.2, 0) is 18.6 Å². The van der Waals surface area contributed by atoms with Crippen LogP contribution < -0.4 is 0 Å². The lowest BCUT2D eigenvalue weighted by atomic mass is 9.81. The molecular weight excluding hydrogens is 433 g/mol. The number of hydrogen-bond acceptors (Lipinski definition) is 4. The van der Waals surface area contributed by atoms with E-state index in [1.165, 1.54) is 0 Å². The fourth-order valence-corrected chi connectivity index (χ4v) is 3.36. The van der Waals surface area contributed by atoms with Gasteiger partial charge in [0.05, 0.1) is 27.7 Å². The molecule has 2 heterocycles. The van der Waals surface area contributed by atoms with Crippen LogP contribution in [0.1, 0.15) is 109 Å². The maximum atomic E-state index is 6.27. The summed E-state index contributed by atoms with van der Waals surface area (Å²) in [5.74, 6) is 0. The Balaban J connectivity index is 0.000000562. The normalized spacial score (nSPS) is 24.3. The monoisotopic (exact) mass is 478 g/mol. The highest BCUT2D eigenvalue weighted by atomic mass is 35.5. The SMILES string of the molecule is C.CCC/C=C(/Cl)B1OC(C)(C)C(C)(C)O1.CCCCC(Cl)B1OC(C)(C)C(C)(C)O1. The first-order valence-corrected chi connectivity index (χ1v) is 12.1. The minimum Gasteiger partial charge on any atom is -0.402 e. The van der Waals surface area contributed by atoms with Gasteiger partial charge in [-0.2, -0.15) is 0 Å². The largest absolute Gasteiger partial charge is 0.506 e. The van der Waals surface area contributed by atoms with E-state index in [2.05, 4.69) is 41.5 Å². The topological polar surface area (TPSA) is 36.9 Å². The average Bonchev–Trinajstić information content (AvgIpc) is 2.98. The van der Waals surface area contributed by atoms with E-state index in [-0.39, 0.29) is 42.2 Å². The van der Waals surface area contributed by atoms with Crippen molar-refractivity contribution in [2.45, 2.75) is 136 Å². The Kier molecular flexibility index (Phi) is 12.2. The van der Waals surface area contributed by atoms with Crippen molar-refractivity contribution in [1.29, 1.82) is 0 Å². The van der Waals surface area contributed by atoms with Gasteiger partial charge in [0.2, 0.25) is 0 Å². The molecule has 8 heteroatoms. The number of rotatable bonds is 7. The van der Waals surface area contributed by atoms with Gasteiger partial charge >= 0.3 is 14.2 Å². The molecule has 2 fully saturated rings. The van der Waals surface area contributed by atoms with E-state index in [0.717, 1.165) is 32.1 Å². The van der Waals surface area contributed by atoms with Gasteiger partial charge in [-0.25, -0.2) is 0 Å². The van der Waals surface area contributed by atoms with Gasteiger partial charge in [0.15, 0.2) is 0 Å². The average molecular weight is 479 g/mol. The lowest BCUT2D eigenvalue weighted by molar-refractivity contribution is 0.00578. The van der Waals surface area contributed by atoms with E-state index in [1.807, 2.05) is 33.8 Å². The number of halogens is 2. The minimum absolute atomic E-state index is 0. The second-order valence-electron chi connectivity index (χ2n) is 10.2. The summed E-state index contributed by atoms with van der Waals surface area (Å²) < 4.78 is 23.3. The van der Waals surface area contributed by atoms with Crippen molar-refractivity contribution in [3.8, 4) is 0 Å². The molecule has 0 saturated carbocycles. The summed E-state index contributed by atoms with van der Waals surface area (Å²) in [4.78, 5) is 0.663. The van der Waals surface area contributed by atoms with Crippen LogP contribution in [0.3, 0.4) is 0 Å². The molecule has 1 atom stereocenters. The van der Waals surface area contributed by atoms with Gasteiger partial charge in [0.1, 0.15) is 0 Å². The molecule has 0 amide bonds. The second-order valence-corrected chi connectivity index (χ2v) is 11.2. The Labute approximate surface area is 203 Å². The van der Waals surface area contributed by atoms with Gasteiger partial charge in [-0.05, 0) is 68.2 Å². The summed E-state index contributed by atoms with van der Waals surface area (Å²) in [5, 5.41) is -0.0361. The predicted octanol–water partition coefficient (Wildman–Crippen LogP) is 7.59. The highest BCUT2D eigenvalue weighted by molar-refractivity contribution is 6.69. The summed E-state index contributed by atoms with van der Waals surface area (Å²) in [7, 11) is -0.661. The first kappa shape index (κ1) is 31.3. The van der Waals surface area contributed by atoms with Crippen molar-refractivity contribution in [2.24, 2.45) is 0 Å². The zero-order valence-corrected chi connectivity index (χ0v) is 22.2. The number of unbranched alkanes of at least 4 members (excludes halogenated alkanes) is 2. The van der Waals surface area contributed by atoms with Gasteiger partial charge in [-0.15, -0.1) is 11.6 Å². The van der Waals surface area contributed by atoms with Crippen LogP contribution >= 0.6 is 23.2 Å². The lowest BCUT2D eigenvalue weighted by Crippen LogP contribution is -2.41. The maximum Gasteiger partial charge on any atom is 0.506 e. The summed E-state index contributed by atoms with van der Waals surface area (Å²) in [5.41, 5.74) is -1.15. The molecule has 0 N–H and O–H groups in total. The zero-order chi connectivity index (χ0) is 23.4. The van der Waals surface area contributed by atoms with Crippen molar-refractivity contribution in [3.05, 3.63) is 11.0 Å². The van der Waals surface area contributed by atoms with E-state index in [0.29, 0.717) is 4.93 Å². The van der Waals surface area contributed by atoms with Crippen LogP contribution in [-0.4, -0.2) is 41.9 Å². The third-order valence-electron chi connectivity index (χ3n) is 6.51. The van der Waals surface area contributed by atoms with Gasteiger partial charge in [0.25, 0.3) is 0 Å². The molecule has 1 unspecified atom stereocenters. The molecule has 2 rings (SSSR count). The predicted molar refractivity (Wildman–Crippen MR) is 137 cm³/mol. The van der Waals surface area contributed by atoms with Gasteiger partial charge in [0, 0.05) is 4.93 Å². The molecule has 2 saturated heterocycles. The highest BCUT2D eigenvalue weighted by Crippen LogP contribution is 2.40. The fourth-order valence-electron chi connectivity index (χ4n) is 2.91. The van der Waals surface area contributed by atoms with E-state index < -0.39 is 7.12 Å². The number of allylic oxidation sites excluding steroid dienone is 1. The lowest BCUT2D eigenvalue weighted by Gasteiger charge is -2.32. The molecule has 4 nitrogen and oxygen atoms in total. The Hall–Kier alpha value is 0.290. The fraction of sp³-hybridized carbons (Fsp3) is 0.913. The molecule has 182 valence electrons. The summed E-state index contributed by atoms with van der Waals surface area (Å²) in [6, 6.07) is 0. The molecule has 0 radical (unpaired) electrons. The molecule has 0 aromatic carbocycles. The van der Waals surface area contributed by atoms with Crippen molar-refractivity contribution < 1.29 is 18.6 Å². The quantitative estimate of drug-likeness (QED) is 0.279. The molecule has 0 aromatic heterocycles. The van der Waals surface area contributed by atoms with Crippen molar-refractivity contribution >= 4 is 37.4 Å². The Morgan fingerprint density at radius 2 is 1.23 bits per heavy atom. The summed E-state index contributed by atoms with van der Waals surface area (Å²) in [6.45, 7) is 20.6. The van der Waals surface area contributed by atoms with Crippen molar-refractivity contribution in [2.75, 3.05) is 0 Å². The van der Waals surface area contributed by atoms with E-state index >= 15 is 0 Å². The molecule has 31 heavy (non-hydrogen) atoms. The Morgan fingerprint density at radius 3 is 1.61 bits per heavy atom. The van der Waals surface area contributed by atoms with E-state index in [9.17, 15) is 0 Å². The smallest absolute Gasteiger partial charge is 0.402 e. The highest BCUT2D eigenvalue weighted by Gasteiger charge is 2.53. The van der Waals surface area contributed by atoms with Gasteiger partial charge < -0.3 is 18.6 Å². The van der Waals surface area contributed by atoms with Crippen LogP contribution in [0.4, 0.5) is 0 Å². The van der Waals surface area contributed by atoms with Crippen molar-refractivity contribution in [1.82, 2.24) is 0 Å². The van der Waals surface area contributed by atoms with Gasteiger partial charge in [-0.3, -0.25) is 0 Å². The number of hydrogen-bond donors (Lipinski definition) is 0. The zero-order valence-electron chi connectivity index (χ0n) is 20.7. The van der Waals surface area contributed by atoms with Crippen LogP contribution in [0.25, 0.3) is 0 Å². The molecule has 0 spiro atoms. The molecule has 0 bridgehead atoms. The second kappa shape index (κ2) is 12.1. The third kappa shape index (κ3) is 8.22. The Bertz CT molecular complexity index is 548. The van der Waals surface area contributed by atoms with Gasteiger partial charge in [-0.1, -0.05) is 58.2 Å². The third-order valence-corrected chi connectivity index (χ3v) is 7.26. The number of alkyl halides is 1. The standard InChI is InChI=1S/C11H22BClO2.C11H20BClO2.CH4/c2*1-6-7-8-9(13)12-14-10(2,3)11(4,5)15-12;/h9H,6-8H2,1-5H3;8H,6-7H2,1-5H3;1H4/b;9-8+;. The molecule has 0 aromatic rings. The molecule has 2 aliphatic rings. The van der Waals surface area contributed by atoms with Crippen LogP contribution in [0.5, 0.6) is 0 Å². The van der Waals surface area contributed by atoms with Crippen molar-refractivity contribution in [3.63, 3.8) is 0 Å². The first-order chi connectivity index (χ1) is 13.6. The molecular formula is C23H46B2Cl2O4. The van der Waals surface area contributed by atoms with Crippen LogP contribution in [0.2, 0.25) is 0 Å². The summed E-state index contributed by atoms with van der Waals surface area (Å²) in [6.07, 6.45) is 7.25. The molecule has 0 aliphatic carbocycles. The maximum absolute atomic E-state index is 6.27.